The zero-order chi connectivity index (χ0) is 14.4. The highest BCUT2D eigenvalue weighted by Gasteiger charge is 2.39. The molecule has 0 amide bonds. The zero-order valence-corrected chi connectivity index (χ0v) is 17.6. The molecule has 0 radical (unpaired) electrons. The summed E-state index contributed by atoms with van der Waals surface area (Å²) in [4.78, 5) is 0. The van der Waals surface area contributed by atoms with Gasteiger partial charge in [0.1, 0.15) is 12.6 Å². The SMILES string of the molecule is CCCC[n+]1cccc([C@@H]2CCC[N+]2(C)CCCC)c1.[Br-].[Br-]. The van der Waals surface area contributed by atoms with Crippen LogP contribution >= 0.6 is 0 Å². The van der Waals surface area contributed by atoms with Gasteiger partial charge in [0.2, 0.25) is 0 Å². The molecule has 1 aromatic heterocycles. The van der Waals surface area contributed by atoms with Gasteiger partial charge in [-0.3, -0.25) is 0 Å². The summed E-state index contributed by atoms with van der Waals surface area (Å²) in [6.45, 7) is 8.42. The molecule has 0 N–H and O–H groups in total. The number of pyridine rings is 1. The predicted molar refractivity (Wildman–Crippen MR) is 84.3 cm³/mol. The van der Waals surface area contributed by atoms with Gasteiger partial charge in [-0.2, -0.15) is 0 Å². The van der Waals surface area contributed by atoms with Crippen LogP contribution in [0.4, 0.5) is 0 Å². The largest absolute Gasteiger partial charge is 1.00 e. The molecule has 2 atom stereocenters. The molecule has 1 aromatic rings. The van der Waals surface area contributed by atoms with E-state index in [1.807, 2.05) is 0 Å². The van der Waals surface area contributed by atoms with Gasteiger partial charge in [-0.1, -0.05) is 26.7 Å². The van der Waals surface area contributed by atoms with Crippen molar-refractivity contribution < 1.29 is 43.0 Å². The van der Waals surface area contributed by atoms with E-state index < -0.39 is 0 Å². The van der Waals surface area contributed by atoms with Crippen LogP contribution in [0.1, 0.15) is 64.0 Å². The molecule has 2 nitrogen and oxygen atoms in total. The van der Waals surface area contributed by atoms with E-state index in [4.69, 9.17) is 0 Å². The third-order valence-corrected chi connectivity index (χ3v) is 4.96. The van der Waals surface area contributed by atoms with Crippen molar-refractivity contribution in [2.24, 2.45) is 0 Å². The Morgan fingerprint density at radius 2 is 1.91 bits per heavy atom. The summed E-state index contributed by atoms with van der Waals surface area (Å²) in [7, 11) is 2.47. The Morgan fingerprint density at radius 1 is 1.18 bits per heavy atom. The molecule has 2 rings (SSSR count). The number of nitrogens with zero attached hydrogens (tertiary/aromatic N) is 2. The van der Waals surface area contributed by atoms with Gasteiger partial charge in [0.15, 0.2) is 12.4 Å². The normalized spacial score (nSPS) is 23.7. The maximum absolute atomic E-state index is 2.47. The number of halogens is 2. The lowest BCUT2D eigenvalue weighted by molar-refractivity contribution is -0.927. The maximum atomic E-state index is 2.47. The highest BCUT2D eigenvalue weighted by atomic mass is 79.9. The molecule has 0 bridgehead atoms. The van der Waals surface area contributed by atoms with Gasteiger partial charge < -0.3 is 38.4 Å². The van der Waals surface area contributed by atoms with Crippen LogP contribution in [0.5, 0.6) is 0 Å². The van der Waals surface area contributed by atoms with E-state index in [2.05, 4.69) is 50.0 Å². The molecule has 1 saturated heterocycles. The quantitative estimate of drug-likeness (QED) is 0.340. The van der Waals surface area contributed by atoms with Crippen molar-refractivity contribution in [1.82, 2.24) is 0 Å². The summed E-state index contributed by atoms with van der Waals surface area (Å²) < 4.78 is 3.65. The van der Waals surface area contributed by atoms with Gasteiger partial charge in [-0.05, 0) is 12.5 Å². The van der Waals surface area contributed by atoms with Crippen LogP contribution in [0.25, 0.3) is 0 Å². The van der Waals surface area contributed by atoms with Crippen LogP contribution in [0.3, 0.4) is 0 Å². The minimum atomic E-state index is 0. The number of aromatic nitrogens is 1. The van der Waals surface area contributed by atoms with Gasteiger partial charge in [0, 0.05) is 25.3 Å². The van der Waals surface area contributed by atoms with Crippen LogP contribution in [0.15, 0.2) is 24.5 Å². The highest BCUT2D eigenvalue weighted by Crippen LogP contribution is 2.37. The van der Waals surface area contributed by atoms with Crippen LogP contribution in [-0.4, -0.2) is 24.6 Å². The predicted octanol–water partition coefficient (Wildman–Crippen LogP) is -2.14. The van der Waals surface area contributed by atoms with Gasteiger partial charge in [-0.15, -0.1) is 0 Å². The first-order valence-corrected chi connectivity index (χ1v) is 8.53. The van der Waals surface area contributed by atoms with Crippen molar-refractivity contribution in [3.05, 3.63) is 30.1 Å². The Labute approximate surface area is 158 Å². The summed E-state index contributed by atoms with van der Waals surface area (Å²) in [5.41, 5.74) is 1.56. The smallest absolute Gasteiger partial charge is 0.177 e. The van der Waals surface area contributed by atoms with Crippen LogP contribution < -0.4 is 38.5 Å². The zero-order valence-electron chi connectivity index (χ0n) is 14.4. The molecule has 1 unspecified atom stereocenters. The minimum Gasteiger partial charge on any atom is -1.00 e. The molecule has 0 aromatic carbocycles. The van der Waals surface area contributed by atoms with Gasteiger partial charge >= 0.3 is 0 Å². The van der Waals surface area contributed by atoms with Crippen molar-refractivity contribution in [2.75, 3.05) is 20.1 Å². The fourth-order valence-electron chi connectivity index (χ4n) is 3.65. The second-order valence-electron chi connectivity index (χ2n) is 6.67. The molecule has 1 aliphatic rings. The van der Waals surface area contributed by atoms with Crippen molar-refractivity contribution in [3.8, 4) is 0 Å². The van der Waals surface area contributed by atoms with E-state index >= 15 is 0 Å². The summed E-state index contributed by atoms with van der Waals surface area (Å²) in [5.74, 6) is 0. The Kier molecular flexibility index (Phi) is 10.8. The van der Waals surface area contributed by atoms with Gasteiger partial charge in [0.25, 0.3) is 0 Å². The van der Waals surface area contributed by atoms with Crippen molar-refractivity contribution in [3.63, 3.8) is 0 Å². The van der Waals surface area contributed by atoms with Crippen LogP contribution in [0, 0.1) is 0 Å². The Balaban J connectivity index is 0.00000220. The fraction of sp³-hybridized carbons (Fsp3) is 0.722. The van der Waals surface area contributed by atoms with Crippen molar-refractivity contribution in [1.29, 1.82) is 0 Å². The van der Waals surface area contributed by atoms with Crippen molar-refractivity contribution in [2.45, 2.75) is 65.0 Å². The third kappa shape index (κ3) is 5.61. The van der Waals surface area contributed by atoms with E-state index in [9.17, 15) is 0 Å². The average molecular weight is 436 g/mol. The first kappa shape index (κ1) is 22.1. The van der Waals surface area contributed by atoms with Gasteiger partial charge in [0.05, 0.1) is 25.7 Å². The Hall–Kier alpha value is 0.0700. The molecule has 4 heteroatoms. The third-order valence-electron chi connectivity index (χ3n) is 4.96. The summed E-state index contributed by atoms with van der Waals surface area (Å²) in [6, 6.07) is 5.31. The minimum absolute atomic E-state index is 0. The highest BCUT2D eigenvalue weighted by molar-refractivity contribution is 5.10. The lowest BCUT2D eigenvalue weighted by atomic mass is 10.0. The van der Waals surface area contributed by atoms with E-state index in [0.29, 0.717) is 0 Å². The number of likely N-dealkylation sites (tertiary alicyclic amines) is 1. The molecule has 1 fully saturated rings. The van der Waals surface area contributed by atoms with Crippen molar-refractivity contribution >= 4 is 0 Å². The molecular formula is C18H32Br2N2. The van der Waals surface area contributed by atoms with E-state index in [1.165, 1.54) is 56.1 Å². The van der Waals surface area contributed by atoms with E-state index in [1.54, 1.807) is 5.56 Å². The molecule has 1 aliphatic heterocycles. The lowest BCUT2D eigenvalue weighted by Gasteiger charge is -2.36. The number of hydrogen-bond donors (Lipinski definition) is 0. The summed E-state index contributed by atoms with van der Waals surface area (Å²) in [6.07, 6.45) is 12.6. The second kappa shape index (κ2) is 10.8. The average Bonchev–Trinajstić information content (AvgIpc) is 2.85. The molecule has 2 heterocycles. The standard InChI is InChI=1S/C18H32N2.2BrH/c1-4-6-12-19-13-8-10-17(16-19)18-11-9-15-20(18,3)14-7-5-2;;/h8,10,13,16,18H,4-7,9,11-12,14-15H2,1-3H3;2*1H/q+2;;/p-2/t18-,20?;;/m0../s1. The van der Waals surface area contributed by atoms with Gasteiger partial charge in [-0.25, -0.2) is 4.57 Å². The number of rotatable bonds is 7. The first-order chi connectivity index (χ1) is 9.69. The molecular weight excluding hydrogens is 404 g/mol. The number of aryl methyl sites for hydroxylation is 1. The fourth-order valence-corrected chi connectivity index (χ4v) is 3.65. The summed E-state index contributed by atoms with van der Waals surface area (Å²) >= 11 is 0. The molecule has 128 valence electrons. The van der Waals surface area contributed by atoms with E-state index in [0.717, 1.165) is 12.6 Å². The van der Waals surface area contributed by atoms with E-state index in [-0.39, 0.29) is 34.0 Å². The lowest BCUT2D eigenvalue weighted by Crippen LogP contribution is -3.00. The maximum Gasteiger partial charge on any atom is 0.177 e. The monoisotopic (exact) mass is 434 g/mol. The number of quaternary nitrogens is 1. The van der Waals surface area contributed by atoms with Crippen LogP contribution in [0.2, 0.25) is 0 Å². The summed E-state index contributed by atoms with van der Waals surface area (Å²) in [5, 5.41) is 0. The number of hydrogen-bond acceptors (Lipinski definition) is 0. The molecule has 0 spiro atoms. The number of unbranched alkanes of at least 4 members (excludes halogenated alkanes) is 2. The molecule has 0 saturated carbocycles. The molecule has 22 heavy (non-hydrogen) atoms. The Morgan fingerprint density at radius 3 is 2.59 bits per heavy atom. The molecule has 0 aliphatic carbocycles. The second-order valence-corrected chi connectivity index (χ2v) is 6.67. The first-order valence-electron chi connectivity index (χ1n) is 8.53. The van der Waals surface area contributed by atoms with Crippen LogP contribution in [-0.2, 0) is 6.54 Å². The topological polar surface area (TPSA) is 3.88 Å². The Bertz CT molecular complexity index is 425.